The molecule has 0 aromatic carbocycles. The third-order valence-corrected chi connectivity index (χ3v) is 1.94. The van der Waals surface area contributed by atoms with Gasteiger partial charge in [-0.05, 0) is 0 Å². The van der Waals surface area contributed by atoms with Crippen molar-refractivity contribution < 1.29 is 9.53 Å². The van der Waals surface area contributed by atoms with Gasteiger partial charge in [0.25, 0.3) is 0 Å². The van der Waals surface area contributed by atoms with Crippen LogP contribution in [0.25, 0.3) is 0 Å². The van der Waals surface area contributed by atoms with Crippen LogP contribution in [-0.2, 0) is 9.53 Å². The van der Waals surface area contributed by atoms with Crippen LogP contribution in [0.4, 0.5) is 0 Å². The van der Waals surface area contributed by atoms with Crippen molar-refractivity contribution >= 4 is 5.91 Å². The summed E-state index contributed by atoms with van der Waals surface area (Å²) in [4.78, 5) is 12.9. The molecule has 3 N–H and O–H groups in total. The molecule has 1 unspecified atom stereocenters. The number of methoxy groups -OCH3 is 1. The number of nitrogens with zero attached hydrogens (tertiary/aromatic N) is 1. The van der Waals surface area contributed by atoms with Gasteiger partial charge in [-0.2, -0.15) is 0 Å². The van der Waals surface area contributed by atoms with Gasteiger partial charge in [-0.1, -0.05) is 0 Å². The first-order chi connectivity index (χ1) is 6.61. The summed E-state index contributed by atoms with van der Waals surface area (Å²) in [5, 5.41) is 3.16. The number of carbonyl (C=O) groups is 1. The third-order valence-electron chi connectivity index (χ3n) is 1.94. The zero-order valence-electron chi connectivity index (χ0n) is 9.25. The lowest BCUT2D eigenvalue weighted by Gasteiger charge is -2.18. The summed E-state index contributed by atoms with van der Waals surface area (Å²) in [5.41, 5.74) is 5.53. The van der Waals surface area contributed by atoms with Crippen molar-refractivity contribution in [3.05, 3.63) is 0 Å². The Hall–Kier alpha value is -0.650. The van der Waals surface area contributed by atoms with Crippen molar-refractivity contribution in [1.29, 1.82) is 0 Å². The Morgan fingerprint density at radius 3 is 2.64 bits per heavy atom. The average molecular weight is 203 g/mol. The molecule has 0 bridgehead atoms. The normalized spacial score (nSPS) is 12.6. The molecule has 0 aromatic rings. The van der Waals surface area contributed by atoms with E-state index in [0.717, 1.165) is 6.54 Å². The SMILES string of the molecule is COCCNC(CN)CC(=O)N(C)C. The van der Waals surface area contributed by atoms with E-state index in [1.807, 2.05) is 0 Å². The molecule has 1 atom stereocenters. The molecule has 0 aromatic heterocycles. The minimum absolute atomic E-state index is 0.0417. The first kappa shape index (κ1) is 13.4. The second-order valence-corrected chi connectivity index (χ2v) is 3.37. The van der Waals surface area contributed by atoms with E-state index in [9.17, 15) is 4.79 Å². The van der Waals surface area contributed by atoms with E-state index in [1.165, 1.54) is 0 Å². The summed E-state index contributed by atoms with van der Waals surface area (Å²) in [6, 6.07) is 0.0417. The van der Waals surface area contributed by atoms with Gasteiger partial charge in [-0.3, -0.25) is 4.79 Å². The number of ether oxygens (including phenoxy) is 1. The van der Waals surface area contributed by atoms with Crippen molar-refractivity contribution in [2.45, 2.75) is 12.5 Å². The molecule has 0 radical (unpaired) electrons. The van der Waals surface area contributed by atoms with E-state index in [0.29, 0.717) is 19.6 Å². The Morgan fingerprint density at radius 2 is 2.21 bits per heavy atom. The Labute approximate surface area is 85.6 Å². The first-order valence-electron chi connectivity index (χ1n) is 4.74. The maximum atomic E-state index is 11.3. The van der Waals surface area contributed by atoms with E-state index < -0.39 is 0 Å². The quantitative estimate of drug-likeness (QED) is 0.522. The van der Waals surface area contributed by atoms with Gasteiger partial charge in [0.1, 0.15) is 0 Å². The van der Waals surface area contributed by atoms with Gasteiger partial charge in [-0.25, -0.2) is 0 Å². The van der Waals surface area contributed by atoms with E-state index in [-0.39, 0.29) is 11.9 Å². The van der Waals surface area contributed by atoms with Crippen LogP contribution in [0.15, 0.2) is 0 Å². The Morgan fingerprint density at radius 1 is 1.57 bits per heavy atom. The highest BCUT2D eigenvalue weighted by molar-refractivity contribution is 5.76. The molecule has 0 aliphatic rings. The molecule has 5 nitrogen and oxygen atoms in total. The van der Waals surface area contributed by atoms with E-state index >= 15 is 0 Å². The van der Waals surface area contributed by atoms with Crippen molar-refractivity contribution in [3.63, 3.8) is 0 Å². The van der Waals surface area contributed by atoms with Crippen LogP contribution in [0.5, 0.6) is 0 Å². The van der Waals surface area contributed by atoms with Gasteiger partial charge in [-0.15, -0.1) is 0 Å². The number of rotatable bonds is 7. The zero-order valence-corrected chi connectivity index (χ0v) is 9.25. The highest BCUT2D eigenvalue weighted by atomic mass is 16.5. The number of nitrogens with one attached hydrogen (secondary N) is 1. The summed E-state index contributed by atoms with van der Waals surface area (Å²) in [6.07, 6.45) is 0.438. The summed E-state index contributed by atoms with van der Waals surface area (Å²) in [5.74, 6) is 0.0883. The van der Waals surface area contributed by atoms with Crippen LogP contribution in [0.1, 0.15) is 6.42 Å². The molecule has 0 aliphatic carbocycles. The predicted molar refractivity (Wildman–Crippen MR) is 56.0 cm³/mol. The Kier molecular flexibility index (Phi) is 7.37. The lowest BCUT2D eigenvalue weighted by Crippen LogP contribution is -2.41. The van der Waals surface area contributed by atoms with Crippen molar-refractivity contribution in [1.82, 2.24) is 10.2 Å². The van der Waals surface area contributed by atoms with E-state index in [2.05, 4.69) is 5.32 Å². The predicted octanol–water partition coefficient (Wildman–Crippen LogP) is -0.972. The minimum atomic E-state index is 0.0417. The molecule has 0 aliphatic heterocycles. The molecule has 14 heavy (non-hydrogen) atoms. The topological polar surface area (TPSA) is 67.6 Å². The summed E-state index contributed by atoms with van der Waals surface area (Å²) < 4.78 is 4.89. The van der Waals surface area contributed by atoms with Crippen molar-refractivity contribution in [3.8, 4) is 0 Å². The smallest absolute Gasteiger partial charge is 0.223 e. The number of nitrogens with two attached hydrogens (primary N) is 1. The summed E-state index contributed by atoms with van der Waals surface area (Å²) >= 11 is 0. The monoisotopic (exact) mass is 203 g/mol. The molecular formula is C9H21N3O2. The maximum absolute atomic E-state index is 11.3. The molecule has 0 spiro atoms. The van der Waals surface area contributed by atoms with E-state index in [4.69, 9.17) is 10.5 Å². The molecule has 5 heteroatoms. The van der Waals surface area contributed by atoms with Crippen LogP contribution in [0.3, 0.4) is 0 Å². The lowest BCUT2D eigenvalue weighted by atomic mass is 10.2. The lowest BCUT2D eigenvalue weighted by molar-refractivity contribution is -0.129. The number of hydrogen-bond donors (Lipinski definition) is 2. The van der Waals surface area contributed by atoms with Gasteiger partial charge >= 0.3 is 0 Å². The molecule has 1 amide bonds. The summed E-state index contributed by atoms with van der Waals surface area (Å²) in [6.45, 7) is 1.81. The number of amides is 1. The zero-order chi connectivity index (χ0) is 11.0. The van der Waals surface area contributed by atoms with Gasteiger partial charge in [0, 0.05) is 46.8 Å². The number of carbonyl (C=O) groups excluding carboxylic acids is 1. The van der Waals surface area contributed by atoms with Gasteiger partial charge < -0.3 is 20.7 Å². The second kappa shape index (κ2) is 7.73. The molecule has 0 fully saturated rings. The minimum Gasteiger partial charge on any atom is -0.383 e. The standard InChI is InChI=1S/C9H21N3O2/c1-12(2)9(13)6-8(7-10)11-4-5-14-3/h8,11H,4-7,10H2,1-3H3. The second-order valence-electron chi connectivity index (χ2n) is 3.37. The van der Waals surface area contributed by atoms with Gasteiger partial charge in [0.05, 0.1) is 6.61 Å². The maximum Gasteiger partial charge on any atom is 0.223 e. The van der Waals surface area contributed by atoms with Crippen LogP contribution >= 0.6 is 0 Å². The van der Waals surface area contributed by atoms with Gasteiger partial charge in [0.15, 0.2) is 0 Å². The average Bonchev–Trinajstić information content (AvgIpc) is 2.16. The van der Waals surface area contributed by atoms with Crippen LogP contribution in [-0.4, -0.2) is 57.8 Å². The van der Waals surface area contributed by atoms with Crippen LogP contribution in [0, 0.1) is 0 Å². The molecule has 0 saturated carbocycles. The fourth-order valence-electron chi connectivity index (χ4n) is 0.997. The Balaban J connectivity index is 3.73. The molecule has 0 rings (SSSR count). The van der Waals surface area contributed by atoms with E-state index in [1.54, 1.807) is 26.1 Å². The highest BCUT2D eigenvalue weighted by Crippen LogP contribution is 1.93. The number of hydrogen-bond acceptors (Lipinski definition) is 4. The Bertz CT molecular complexity index is 162. The molecular weight excluding hydrogens is 182 g/mol. The summed E-state index contributed by atoms with van der Waals surface area (Å²) in [7, 11) is 5.13. The van der Waals surface area contributed by atoms with Crippen molar-refractivity contribution in [2.75, 3.05) is 40.9 Å². The van der Waals surface area contributed by atoms with Gasteiger partial charge in [0.2, 0.25) is 5.91 Å². The van der Waals surface area contributed by atoms with Crippen molar-refractivity contribution in [2.24, 2.45) is 5.73 Å². The highest BCUT2D eigenvalue weighted by Gasteiger charge is 2.12. The molecule has 0 saturated heterocycles. The first-order valence-corrected chi connectivity index (χ1v) is 4.74. The molecule has 84 valence electrons. The fourth-order valence-corrected chi connectivity index (χ4v) is 0.997. The van der Waals surface area contributed by atoms with Crippen LogP contribution < -0.4 is 11.1 Å². The fraction of sp³-hybridized carbons (Fsp3) is 0.889. The molecule has 0 heterocycles. The van der Waals surface area contributed by atoms with Crippen LogP contribution in [0.2, 0.25) is 0 Å². The largest absolute Gasteiger partial charge is 0.383 e. The third kappa shape index (κ3) is 5.90.